The Balaban J connectivity index is 3.24. The van der Waals surface area contributed by atoms with E-state index in [0.717, 1.165) is 13.0 Å². The summed E-state index contributed by atoms with van der Waals surface area (Å²) >= 11 is 2.12. The molecule has 0 fully saturated rings. The number of halogens is 3. The summed E-state index contributed by atoms with van der Waals surface area (Å²) in [7, 11) is 1.29. The molecule has 0 aliphatic heterocycles. The van der Waals surface area contributed by atoms with Gasteiger partial charge in [-0.05, 0) is 40.5 Å². The fourth-order valence-corrected chi connectivity index (χ4v) is 1.37. The van der Waals surface area contributed by atoms with Gasteiger partial charge < -0.3 is 14.9 Å². The average Bonchev–Trinajstić information content (AvgIpc) is 2.16. The molecular formula is C10H11BrF2O3. The van der Waals surface area contributed by atoms with E-state index < -0.39 is 10.4 Å². The van der Waals surface area contributed by atoms with Crippen molar-refractivity contribution in [3.8, 4) is 11.5 Å². The van der Waals surface area contributed by atoms with Gasteiger partial charge in [-0.25, -0.2) is 0 Å². The Morgan fingerprint density at radius 3 is 2.38 bits per heavy atom. The molecule has 6 heteroatoms. The van der Waals surface area contributed by atoms with Crippen LogP contribution in [0.1, 0.15) is 12.5 Å². The number of aliphatic hydroxyl groups is 1. The van der Waals surface area contributed by atoms with Crippen LogP contribution < -0.4 is 4.74 Å². The summed E-state index contributed by atoms with van der Waals surface area (Å²) in [6.07, 6.45) is 0. The summed E-state index contributed by atoms with van der Waals surface area (Å²) in [5, 5.41) is 19.0. The van der Waals surface area contributed by atoms with Crippen molar-refractivity contribution in [1.29, 1.82) is 0 Å². The smallest absolute Gasteiger partial charge is 0.333 e. The zero-order valence-electron chi connectivity index (χ0n) is 8.67. The molecular weight excluding hydrogens is 286 g/mol. The Hall–Kier alpha value is -0.880. The molecule has 0 spiro atoms. The second-order valence-electron chi connectivity index (χ2n) is 3.46. The number of phenolic OH excluding ortho intramolecular Hbond substituents is 1. The van der Waals surface area contributed by atoms with Gasteiger partial charge >= 0.3 is 4.83 Å². The van der Waals surface area contributed by atoms with E-state index in [1.807, 2.05) is 0 Å². The number of phenols is 1. The van der Waals surface area contributed by atoms with Crippen LogP contribution in [-0.4, -0.2) is 22.2 Å². The molecule has 1 atom stereocenters. The van der Waals surface area contributed by atoms with Crippen molar-refractivity contribution in [2.45, 2.75) is 17.4 Å². The van der Waals surface area contributed by atoms with E-state index in [4.69, 9.17) is 4.74 Å². The maximum absolute atomic E-state index is 13.1. The lowest BCUT2D eigenvalue weighted by atomic mass is 9.96. The van der Waals surface area contributed by atoms with Crippen molar-refractivity contribution in [1.82, 2.24) is 0 Å². The monoisotopic (exact) mass is 296 g/mol. The van der Waals surface area contributed by atoms with Crippen molar-refractivity contribution in [3.05, 3.63) is 23.8 Å². The van der Waals surface area contributed by atoms with E-state index >= 15 is 0 Å². The number of hydrogen-bond acceptors (Lipinski definition) is 3. The van der Waals surface area contributed by atoms with Crippen molar-refractivity contribution < 1.29 is 23.7 Å². The van der Waals surface area contributed by atoms with Gasteiger partial charge in [0.05, 0.1) is 7.11 Å². The Labute approximate surface area is 99.8 Å². The van der Waals surface area contributed by atoms with Crippen LogP contribution in [0.3, 0.4) is 0 Å². The standard InChI is InChI=1S/C10H11BrF2O3/c1-9(15,10(11,12)13)6-3-4-7(14)8(5-6)16-2/h3-5,14-15H,1-2H3. The summed E-state index contributed by atoms with van der Waals surface area (Å²) in [4.78, 5) is -3.48. The van der Waals surface area contributed by atoms with Crippen LogP contribution in [0.15, 0.2) is 18.2 Å². The largest absolute Gasteiger partial charge is 0.504 e. The van der Waals surface area contributed by atoms with E-state index in [1.165, 1.54) is 19.2 Å². The van der Waals surface area contributed by atoms with Gasteiger partial charge in [0.2, 0.25) is 0 Å². The Morgan fingerprint density at radius 1 is 1.38 bits per heavy atom. The first-order valence-corrected chi connectivity index (χ1v) is 5.16. The highest BCUT2D eigenvalue weighted by Gasteiger charge is 2.48. The van der Waals surface area contributed by atoms with E-state index in [1.54, 1.807) is 0 Å². The van der Waals surface area contributed by atoms with Gasteiger partial charge in [0.1, 0.15) is 0 Å². The molecule has 90 valence electrons. The summed E-state index contributed by atoms with van der Waals surface area (Å²) in [5.41, 5.74) is -2.46. The zero-order chi connectivity index (χ0) is 12.6. The molecule has 0 amide bonds. The molecule has 1 aromatic rings. The predicted molar refractivity (Wildman–Crippen MR) is 58.1 cm³/mol. The molecule has 3 nitrogen and oxygen atoms in total. The molecule has 0 aliphatic carbocycles. The molecule has 1 unspecified atom stereocenters. The average molecular weight is 297 g/mol. The highest BCUT2D eigenvalue weighted by Crippen LogP contribution is 2.43. The highest BCUT2D eigenvalue weighted by molar-refractivity contribution is 9.10. The number of benzene rings is 1. The normalized spacial score (nSPS) is 15.6. The van der Waals surface area contributed by atoms with E-state index in [0.29, 0.717) is 0 Å². The fourth-order valence-electron chi connectivity index (χ4n) is 1.14. The Bertz CT molecular complexity index is 388. The second-order valence-corrected chi connectivity index (χ2v) is 4.45. The molecule has 1 rings (SSSR count). The number of rotatable bonds is 3. The first kappa shape index (κ1) is 13.2. The van der Waals surface area contributed by atoms with Crippen LogP contribution in [0.5, 0.6) is 11.5 Å². The van der Waals surface area contributed by atoms with Gasteiger partial charge in [-0.3, -0.25) is 0 Å². The van der Waals surface area contributed by atoms with Crippen LogP contribution in [0.4, 0.5) is 8.78 Å². The fraction of sp³-hybridized carbons (Fsp3) is 0.400. The molecule has 16 heavy (non-hydrogen) atoms. The number of ether oxygens (including phenoxy) is 1. The van der Waals surface area contributed by atoms with Gasteiger partial charge in [0.15, 0.2) is 17.1 Å². The number of methoxy groups -OCH3 is 1. The van der Waals surface area contributed by atoms with Crippen LogP contribution in [0.25, 0.3) is 0 Å². The third-order valence-corrected chi connectivity index (χ3v) is 3.07. The first-order chi connectivity index (χ1) is 7.20. The van der Waals surface area contributed by atoms with Gasteiger partial charge in [-0.1, -0.05) is 6.07 Å². The summed E-state index contributed by atoms with van der Waals surface area (Å²) in [6.45, 7) is 0.966. The molecule has 2 N–H and O–H groups in total. The summed E-state index contributed by atoms with van der Waals surface area (Å²) < 4.78 is 30.9. The van der Waals surface area contributed by atoms with E-state index in [2.05, 4.69) is 15.9 Å². The molecule has 0 aromatic heterocycles. The Kier molecular flexibility index (Phi) is 3.44. The molecule has 1 aromatic carbocycles. The molecule has 0 heterocycles. The summed E-state index contributed by atoms with van der Waals surface area (Å²) in [5.74, 6) is -0.158. The zero-order valence-corrected chi connectivity index (χ0v) is 10.3. The second kappa shape index (κ2) is 4.18. The van der Waals surface area contributed by atoms with Crippen molar-refractivity contribution in [2.75, 3.05) is 7.11 Å². The minimum atomic E-state index is -3.48. The maximum atomic E-state index is 13.1. The highest BCUT2D eigenvalue weighted by atomic mass is 79.9. The maximum Gasteiger partial charge on any atom is 0.333 e. The van der Waals surface area contributed by atoms with Crippen molar-refractivity contribution in [2.24, 2.45) is 0 Å². The lowest BCUT2D eigenvalue weighted by molar-refractivity contribution is -0.109. The molecule has 0 aliphatic rings. The number of hydrogen-bond donors (Lipinski definition) is 2. The third-order valence-electron chi connectivity index (χ3n) is 2.29. The van der Waals surface area contributed by atoms with Crippen LogP contribution in [-0.2, 0) is 5.60 Å². The minimum Gasteiger partial charge on any atom is -0.504 e. The first-order valence-electron chi connectivity index (χ1n) is 4.36. The van der Waals surface area contributed by atoms with Gasteiger partial charge in [-0.15, -0.1) is 0 Å². The van der Waals surface area contributed by atoms with Crippen molar-refractivity contribution >= 4 is 15.9 Å². The van der Waals surface area contributed by atoms with Gasteiger partial charge in [0.25, 0.3) is 0 Å². The van der Waals surface area contributed by atoms with Crippen molar-refractivity contribution in [3.63, 3.8) is 0 Å². The third kappa shape index (κ3) is 2.27. The SMILES string of the molecule is COc1cc(C(C)(O)C(F)(F)Br)ccc1O. The minimum absolute atomic E-state index is 0.0227. The lowest BCUT2D eigenvalue weighted by Crippen LogP contribution is -2.37. The molecule has 0 radical (unpaired) electrons. The van der Waals surface area contributed by atoms with Gasteiger partial charge in [-0.2, -0.15) is 8.78 Å². The Morgan fingerprint density at radius 2 is 1.94 bits per heavy atom. The van der Waals surface area contributed by atoms with Crippen LogP contribution in [0, 0.1) is 0 Å². The van der Waals surface area contributed by atoms with E-state index in [-0.39, 0.29) is 17.1 Å². The van der Waals surface area contributed by atoms with Crippen LogP contribution in [0.2, 0.25) is 0 Å². The topological polar surface area (TPSA) is 49.7 Å². The van der Waals surface area contributed by atoms with E-state index in [9.17, 15) is 19.0 Å². The quantitative estimate of drug-likeness (QED) is 0.843. The lowest BCUT2D eigenvalue weighted by Gasteiger charge is -2.28. The number of alkyl halides is 3. The molecule has 0 bridgehead atoms. The molecule has 0 saturated heterocycles. The summed E-state index contributed by atoms with van der Waals surface area (Å²) in [6, 6.07) is 3.54. The molecule has 0 saturated carbocycles. The number of aromatic hydroxyl groups is 1. The van der Waals surface area contributed by atoms with Gasteiger partial charge in [0, 0.05) is 0 Å². The van der Waals surface area contributed by atoms with Crippen LogP contribution >= 0.6 is 15.9 Å². The predicted octanol–water partition coefficient (Wildman–Crippen LogP) is 2.60.